The van der Waals surface area contributed by atoms with Crippen molar-refractivity contribution >= 4 is 0 Å². The molecule has 1 unspecified atom stereocenters. The van der Waals surface area contributed by atoms with Gasteiger partial charge in [0.25, 0.3) is 0 Å². The van der Waals surface area contributed by atoms with E-state index in [0.29, 0.717) is 6.10 Å². The second kappa shape index (κ2) is 1.97. The maximum absolute atomic E-state index is 5.44. The van der Waals surface area contributed by atoms with E-state index in [1.165, 1.54) is 5.56 Å². The number of hydrogen-bond donors (Lipinski definition) is 0. The number of fused-ring (bicyclic) bond motifs is 1. The van der Waals surface area contributed by atoms with Crippen LogP contribution in [-0.4, -0.2) is 11.1 Å². The Hall–Kier alpha value is -1.05. The molecule has 0 fully saturated rings. The maximum atomic E-state index is 5.44. The van der Waals surface area contributed by atoms with Gasteiger partial charge < -0.3 is 4.74 Å². The first-order valence-corrected chi connectivity index (χ1v) is 3.46. The molecule has 0 saturated heterocycles. The third-order valence-corrected chi connectivity index (χ3v) is 1.71. The van der Waals surface area contributed by atoms with E-state index >= 15 is 0 Å². The fraction of sp³-hybridized carbons (Fsp3) is 0.375. The van der Waals surface area contributed by atoms with Crippen molar-refractivity contribution in [2.24, 2.45) is 0 Å². The lowest BCUT2D eigenvalue weighted by atomic mass is 10.2. The van der Waals surface area contributed by atoms with Crippen LogP contribution in [0.15, 0.2) is 18.5 Å². The molecule has 2 heterocycles. The standard InChI is InChI=1S/C8H9NO/c1-6-4-7-2-3-9-5-8(7)10-6/h2-3,5-6H,4H2,1H3. The van der Waals surface area contributed by atoms with Crippen LogP contribution in [-0.2, 0) is 6.42 Å². The highest BCUT2D eigenvalue weighted by molar-refractivity contribution is 5.33. The summed E-state index contributed by atoms with van der Waals surface area (Å²) in [6.07, 6.45) is 4.94. The van der Waals surface area contributed by atoms with E-state index in [9.17, 15) is 0 Å². The molecule has 0 saturated carbocycles. The summed E-state index contributed by atoms with van der Waals surface area (Å²) < 4.78 is 5.44. The molecule has 0 aromatic carbocycles. The highest BCUT2D eigenvalue weighted by Gasteiger charge is 2.17. The van der Waals surface area contributed by atoms with Gasteiger partial charge >= 0.3 is 0 Å². The molecule has 2 nitrogen and oxygen atoms in total. The number of aromatic nitrogens is 1. The van der Waals surface area contributed by atoms with Gasteiger partial charge in [-0.1, -0.05) is 0 Å². The zero-order valence-electron chi connectivity index (χ0n) is 5.87. The van der Waals surface area contributed by atoms with E-state index in [1.54, 1.807) is 12.4 Å². The van der Waals surface area contributed by atoms with E-state index in [0.717, 1.165) is 12.2 Å². The average Bonchev–Trinajstić information content (AvgIpc) is 2.27. The van der Waals surface area contributed by atoms with Gasteiger partial charge in [0.15, 0.2) is 0 Å². The summed E-state index contributed by atoms with van der Waals surface area (Å²) in [6, 6.07) is 2.01. The van der Waals surface area contributed by atoms with Crippen molar-refractivity contribution in [3.63, 3.8) is 0 Å². The molecule has 1 aromatic heterocycles. The Balaban J connectivity index is 2.42. The molecule has 2 rings (SSSR count). The highest BCUT2D eigenvalue weighted by atomic mass is 16.5. The summed E-state index contributed by atoms with van der Waals surface area (Å²) in [6.45, 7) is 2.07. The zero-order valence-corrected chi connectivity index (χ0v) is 5.87. The Bertz CT molecular complexity index is 222. The molecule has 2 heteroatoms. The van der Waals surface area contributed by atoms with Crippen LogP contribution in [0, 0.1) is 0 Å². The predicted octanol–water partition coefficient (Wildman–Crippen LogP) is 1.41. The molecule has 1 aliphatic heterocycles. The van der Waals surface area contributed by atoms with Crippen LogP contribution < -0.4 is 4.74 Å². The topological polar surface area (TPSA) is 22.1 Å². The zero-order chi connectivity index (χ0) is 6.97. The lowest BCUT2D eigenvalue weighted by Gasteiger charge is -2.00. The summed E-state index contributed by atoms with van der Waals surface area (Å²) in [5.74, 6) is 0.954. The molecule has 1 aromatic rings. The Labute approximate surface area is 59.9 Å². The van der Waals surface area contributed by atoms with Crippen LogP contribution in [0.4, 0.5) is 0 Å². The third-order valence-electron chi connectivity index (χ3n) is 1.71. The fourth-order valence-electron chi connectivity index (χ4n) is 1.25. The van der Waals surface area contributed by atoms with Crippen molar-refractivity contribution < 1.29 is 4.74 Å². The lowest BCUT2D eigenvalue weighted by molar-refractivity contribution is 0.254. The van der Waals surface area contributed by atoms with Crippen molar-refractivity contribution in [3.8, 4) is 5.75 Å². The second-order valence-corrected chi connectivity index (χ2v) is 2.62. The molecular weight excluding hydrogens is 126 g/mol. The van der Waals surface area contributed by atoms with Gasteiger partial charge in [-0.15, -0.1) is 0 Å². The second-order valence-electron chi connectivity index (χ2n) is 2.62. The Morgan fingerprint density at radius 2 is 2.60 bits per heavy atom. The smallest absolute Gasteiger partial charge is 0.141 e. The van der Waals surface area contributed by atoms with Gasteiger partial charge in [-0.2, -0.15) is 0 Å². The Morgan fingerprint density at radius 3 is 3.40 bits per heavy atom. The van der Waals surface area contributed by atoms with Crippen molar-refractivity contribution in [2.75, 3.05) is 0 Å². The van der Waals surface area contributed by atoms with E-state index in [4.69, 9.17) is 4.74 Å². The van der Waals surface area contributed by atoms with E-state index in [1.807, 2.05) is 6.07 Å². The van der Waals surface area contributed by atoms with Gasteiger partial charge in [-0.25, -0.2) is 0 Å². The summed E-state index contributed by atoms with van der Waals surface area (Å²) in [5.41, 5.74) is 1.28. The van der Waals surface area contributed by atoms with E-state index < -0.39 is 0 Å². The van der Waals surface area contributed by atoms with Gasteiger partial charge in [0.2, 0.25) is 0 Å². The molecule has 1 aliphatic rings. The van der Waals surface area contributed by atoms with E-state index in [2.05, 4.69) is 11.9 Å². The number of pyridine rings is 1. The summed E-state index contributed by atoms with van der Waals surface area (Å²) in [7, 11) is 0. The monoisotopic (exact) mass is 135 g/mol. The number of nitrogens with zero attached hydrogens (tertiary/aromatic N) is 1. The van der Waals surface area contributed by atoms with Crippen LogP contribution in [0.3, 0.4) is 0 Å². The molecule has 10 heavy (non-hydrogen) atoms. The molecule has 52 valence electrons. The minimum atomic E-state index is 0.333. The molecular formula is C8H9NO. The fourth-order valence-corrected chi connectivity index (χ4v) is 1.25. The van der Waals surface area contributed by atoms with Crippen molar-refractivity contribution in [1.29, 1.82) is 0 Å². The van der Waals surface area contributed by atoms with Crippen LogP contribution in [0.5, 0.6) is 5.75 Å². The SMILES string of the molecule is CC1Cc2ccncc2O1. The van der Waals surface area contributed by atoms with Crippen molar-refractivity contribution in [1.82, 2.24) is 4.98 Å². The van der Waals surface area contributed by atoms with Crippen LogP contribution >= 0.6 is 0 Å². The number of rotatable bonds is 0. The molecule has 0 bridgehead atoms. The van der Waals surface area contributed by atoms with Crippen LogP contribution in [0.25, 0.3) is 0 Å². The van der Waals surface area contributed by atoms with E-state index in [-0.39, 0.29) is 0 Å². The summed E-state index contributed by atoms with van der Waals surface area (Å²) in [5, 5.41) is 0. The first-order valence-electron chi connectivity index (χ1n) is 3.46. The van der Waals surface area contributed by atoms with Gasteiger partial charge in [-0.05, 0) is 13.0 Å². The minimum absolute atomic E-state index is 0.333. The van der Waals surface area contributed by atoms with Crippen LogP contribution in [0.1, 0.15) is 12.5 Å². The van der Waals surface area contributed by atoms with Gasteiger partial charge in [-0.3, -0.25) is 4.98 Å². The predicted molar refractivity (Wildman–Crippen MR) is 38.0 cm³/mol. The average molecular weight is 135 g/mol. The summed E-state index contributed by atoms with van der Waals surface area (Å²) in [4.78, 5) is 3.97. The van der Waals surface area contributed by atoms with Crippen molar-refractivity contribution in [3.05, 3.63) is 24.0 Å². The third kappa shape index (κ3) is 0.764. The molecule has 0 aliphatic carbocycles. The Kier molecular flexibility index (Phi) is 1.13. The van der Waals surface area contributed by atoms with Gasteiger partial charge in [0.05, 0.1) is 6.20 Å². The first kappa shape index (κ1) is 5.71. The normalized spacial score (nSPS) is 21.9. The Morgan fingerprint density at radius 1 is 1.70 bits per heavy atom. The summed E-state index contributed by atoms with van der Waals surface area (Å²) >= 11 is 0. The molecule has 1 atom stereocenters. The number of hydrogen-bond acceptors (Lipinski definition) is 2. The highest BCUT2D eigenvalue weighted by Crippen LogP contribution is 2.26. The minimum Gasteiger partial charge on any atom is -0.488 e. The quantitative estimate of drug-likeness (QED) is 0.536. The molecule has 0 radical (unpaired) electrons. The molecule has 0 amide bonds. The molecule has 0 N–H and O–H groups in total. The van der Waals surface area contributed by atoms with Crippen LogP contribution in [0.2, 0.25) is 0 Å². The van der Waals surface area contributed by atoms with Crippen molar-refractivity contribution in [2.45, 2.75) is 19.4 Å². The van der Waals surface area contributed by atoms with Gasteiger partial charge in [0, 0.05) is 18.2 Å². The lowest BCUT2D eigenvalue weighted by Crippen LogP contribution is -2.05. The molecule has 0 spiro atoms. The van der Waals surface area contributed by atoms with Gasteiger partial charge in [0.1, 0.15) is 11.9 Å². The number of ether oxygens (including phenoxy) is 1. The maximum Gasteiger partial charge on any atom is 0.141 e. The first-order chi connectivity index (χ1) is 4.86. The largest absolute Gasteiger partial charge is 0.488 e.